The number of carbonyl (C=O) groups excluding carboxylic acids is 1. The lowest BCUT2D eigenvalue weighted by molar-refractivity contribution is -0.247. The fourth-order valence-corrected chi connectivity index (χ4v) is 13.9. The largest absolute Gasteiger partial charge is 0.387 e. The van der Waals surface area contributed by atoms with Gasteiger partial charge in [-0.2, -0.15) is 0 Å². The summed E-state index contributed by atoms with van der Waals surface area (Å²) in [6.45, 7) is 8.94. The van der Waals surface area contributed by atoms with Crippen LogP contribution in [0.4, 0.5) is 0 Å². The van der Waals surface area contributed by atoms with Crippen molar-refractivity contribution in [2.24, 2.45) is 52.3 Å². The van der Waals surface area contributed by atoms with Crippen LogP contribution in [0.2, 0.25) is 0 Å². The van der Waals surface area contributed by atoms with E-state index in [2.05, 4.69) is 42.7 Å². The molecule has 0 radical (unpaired) electrons. The number of aliphatic hydroxyl groups is 3. The van der Waals surface area contributed by atoms with Crippen molar-refractivity contribution < 1.29 is 34.3 Å². The van der Waals surface area contributed by atoms with Gasteiger partial charge in [0.1, 0.15) is 18.8 Å². The molecule has 4 aliphatic heterocycles. The zero-order valence-electron chi connectivity index (χ0n) is 31.2. The molecule has 0 amide bonds. The van der Waals surface area contributed by atoms with Crippen LogP contribution < -0.4 is 0 Å². The standard InChI is InChI=1S/C45H56O7/c1-26-27(2)40-41(48)43(4,49)37-18-21-45-34-24-36(47)33-23-30(50-25-29(13-10-22-51-45)28-11-6-5-7-12-28)17-20-42(33,3)38(34)31-14-9-19-44(37,45)32(31)15-8-16-35(46)39(26)52-40/h5-7,11-12,24,26-27,29-33,35,37-41,46,48-49H,9,14-15,17-23,25H2,1-4H3/t26-,27-,29+,30+,31+,32-,33+,35+,37-,38+,39+,40+,41-,42+,43+,44-,45-/m1/s1. The zero-order chi connectivity index (χ0) is 36.2. The first-order valence-electron chi connectivity index (χ1n) is 20.2. The van der Waals surface area contributed by atoms with Crippen molar-refractivity contribution in [2.75, 3.05) is 13.2 Å². The van der Waals surface area contributed by atoms with Gasteiger partial charge < -0.3 is 29.5 Å². The van der Waals surface area contributed by atoms with Crippen LogP contribution in [0.3, 0.4) is 0 Å². The molecule has 278 valence electrons. The zero-order valence-corrected chi connectivity index (χ0v) is 31.2. The maximum Gasteiger partial charge on any atom is 0.159 e. The molecule has 52 heavy (non-hydrogen) atoms. The summed E-state index contributed by atoms with van der Waals surface area (Å²) in [4.78, 5) is 14.6. The number of benzene rings is 1. The number of carbonyl (C=O) groups is 1. The summed E-state index contributed by atoms with van der Waals surface area (Å²) >= 11 is 0. The Morgan fingerprint density at radius 2 is 1.71 bits per heavy atom. The molecule has 10 rings (SSSR count). The van der Waals surface area contributed by atoms with Crippen LogP contribution >= 0.6 is 0 Å². The second-order valence-electron chi connectivity index (χ2n) is 18.4. The molecular formula is C45H56O7. The predicted molar refractivity (Wildman–Crippen MR) is 195 cm³/mol. The van der Waals surface area contributed by atoms with Crippen LogP contribution in [0.15, 0.2) is 42.0 Å². The molecule has 0 aromatic heterocycles. The molecule has 7 nitrogen and oxygen atoms in total. The summed E-state index contributed by atoms with van der Waals surface area (Å²) in [6.07, 6.45) is 5.78. The molecule has 7 heteroatoms. The third-order valence-corrected chi connectivity index (χ3v) is 16.4. The van der Waals surface area contributed by atoms with E-state index in [0.29, 0.717) is 32.3 Å². The van der Waals surface area contributed by atoms with Gasteiger partial charge in [0, 0.05) is 17.8 Å². The molecular weight excluding hydrogens is 652 g/mol. The first kappa shape index (κ1) is 35.2. The van der Waals surface area contributed by atoms with E-state index in [1.165, 1.54) is 0 Å². The summed E-state index contributed by atoms with van der Waals surface area (Å²) in [5.74, 6) is 13.6. The van der Waals surface area contributed by atoms with Crippen LogP contribution in [0.1, 0.15) is 97.0 Å². The number of aliphatic hydroxyl groups excluding tert-OH is 2. The van der Waals surface area contributed by atoms with E-state index in [1.807, 2.05) is 45.0 Å². The highest BCUT2D eigenvalue weighted by atomic mass is 16.5. The summed E-state index contributed by atoms with van der Waals surface area (Å²) in [7, 11) is 0. The molecule has 17 atom stereocenters. The lowest BCUT2D eigenvalue weighted by Gasteiger charge is -2.69. The predicted octanol–water partition coefficient (Wildman–Crippen LogP) is 5.61. The molecule has 3 N–H and O–H groups in total. The lowest BCUT2D eigenvalue weighted by atomic mass is 9.36. The smallest absolute Gasteiger partial charge is 0.159 e. The number of hydrogen-bond acceptors (Lipinski definition) is 7. The van der Waals surface area contributed by atoms with Crippen molar-refractivity contribution >= 4 is 5.78 Å². The Hall–Kier alpha value is -2.49. The first-order valence-corrected chi connectivity index (χ1v) is 20.2. The van der Waals surface area contributed by atoms with Gasteiger partial charge in [0.05, 0.1) is 42.0 Å². The van der Waals surface area contributed by atoms with Crippen molar-refractivity contribution in [3.05, 3.63) is 47.5 Å². The van der Waals surface area contributed by atoms with Crippen molar-refractivity contribution in [2.45, 2.75) is 133 Å². The van der Waals surface area contributed by atoms with Crippen LogP contribution in [0, 0.1) is 75.9 Å². The number of rotatable bonds is 1. The summed E-state index contributed by atoms with van der Waals surface area (Å²) in [5, 5.41) is 36.7. The van der Waals surface area contributed by atoms with Crippen LogP contribution in [0.25, 0.3) is 0 Å². The average Bonchev–Trinajstić information content (AvgIpc) is 3.62. The fourth-order valence-electron chi connectivity index (χ4n) is 13.9. The second-order valence-corrected chi connectivity index (χ2v) is 18.4. The Bertz CT molecular complexity index is 1750. The first-order chi connectivity index (χ1) is 24.9. The Morgan fingerprint density at radius 3 is 2.52 bits per heavy atom. The van der Waals surface area contributed by atoms with Gasteiger partial charge in [-0.05, 0) is 110 Å². The third-order valence-electron chi connectivity index (χ3n) is 16.4. The van der Waals surface area contributed by atoms with E-state index >= 15 is 0 Å². The molecule has 0 unspecified atom stereocenters. The molecule has 4 saturated carbocycles. The maximum atomic E-state index is 14.6. The number of hydrogen-bond donors (Lipinski definition) is 3. The van der Waals surface area contributed by atoms with Gasteiger partial charge >= 0.3 is 0 Å². The van der Waals surface area contributed by atoms with E-state index < -0.39 is 41.0 Å². The minimum absolute atomic E-state index is 0.00399. The molecule has 1 aromatic rings. The quantitative estimate of drug-likeness (QED) is 0.326. The van der Waals surface area contributed by atoms with E-state index in [1.54, 1.807) is 0 Å². The van der Waals surface area contributed by atoms with Gasteiger partial charge in [-0.3, -0.25) is 4.79 Å². The van der Waals surface area contributed by atoms with E-state index in [9.17, 15) is 20.1 Å². The lowest BCUT2D eigenvalue weighted by Crippen LogP contribution is -2.71. The monoisotopic (exact) mass is 708 g/mol. The molecule has 2 spiro atoms. The second kappa shape index (κ2) is 12.5. The molecule has 1 aromatic carbocycles. The number of ketones is 1. The molecule has 4 heterocycles. The molecule has 10 bridgehead atoms. The third kappa shape index (κ3) is 4.79. The van der Waals surface area contributed by atoms with Crippen molar-refractivity contribution in [1.82, 2.24) is 0 Å². The minimum Gasteiger partial charge on any atom is -0.387 e. The molecule has 9 aliphatic rings. The van der Waals surface area contributed by atoms with Crippen molar-refractivity contribution in [3.8, 4) is 23.7 Å². The highest BCUT2D eigenvalue weighted by Gasteiger charge is 2.77. The Balaban J connectivity index is 1.25. The SMILES string of the molecule is C[C@@H]1[C@@H](C)[C@@H]2O[C@@H]1[C@@H](O)[C@@](C)(O)[C@H]1CC[C@@]34OCC#C[C@H](c5ccccc5)CO[C@H]5CC[C@]6(C)[C@H](C3=CC(=O)[C@@H]6C5)[C@H]3CCC[C@@]14[C@@H]3CC#C[C@@H]2O. The van der Waals surface area contributed by atoms with Crippen LogP contribution in [-0.2, 0) is 19.0 Å². The van der Waals surface area contributed by atoms with Gasteiger partial charge in [0.15, 0.2) is 5.78 Å². The average molecular weight is 709 g/mol. The summed E-state index contributed by atoms with van der Waals surface area (Å²) < 4.78 is 20.5. The molecule has 5 aliphatic carbocycles. The maximum absolute atomic E-state index is 14.6. The highest BCUT2D eigenvalue weighted by molar-refractivity contribution is 5.95. The Morgan fingerprint density at radius 1 is 0.923 bits per heavy atom. The van der Waals surface area contributed by atoms with Gasteiger partial charge in [-0.1, -0.05) is 75.3 Å². The Labute approximate surface area is 309 Å². The fraction of sp³-hybridized carbons (Fsp3) is 0.711. The normalized spacial score (nSPS) is 52.1. The van der Waals surface area contributed by atoms with Gasteiger partial charge in [0.2, 0.25) is 0 Å². The number of ether oxygens (including phenoxy) is 3. The minimum atomic E-state index is -1.52. The van der Waals surface area contributed by atoms with Gasteiger partial charge in [-0.25, -0.2) is 0 Å². The van der Waals surface area contributed by atoms with E-state index in [4.69, 9.17) is 14.2 Å². The Kier molecular flexibility index (Phi) is 8.48. The van der Waals surface area contributed by atoms with Crippen LogP contribution in [-0.4, -0.2) is 76.0 Å². The van der Waals surface area contributed by atoms with Gasteiger partial charge in [0.25, 0.3) is 0 Å². The highest BCUT2D eigenvalue weighted by Crippen LogP contribution is 2.77. The van der Waals surface area contributed by atoms with E-state index in [0.717, 1.165) is 43.2 Å². The molecule has 5 fully saturated rings. The van der Waals surface area contributed by atoms with Crippen molar-refractivity contribution in [3.63, 3.8) is 0 Å². The van der Waals surface area contributed by atoms with Gasteiger partial charge in [-0.15, -0.1) is 5.92 Å². The van der Waals surface area contributed by atoms with E-state index in [-0.39, 0.29) is 71.3 Å². The van der Waals surface area contributed by atoms with Crippen molar-refractivity contribution in [1.29, 1.82) is 0 Å². The molecule has 1 saturated heterocycles. The number of allylic oxidation sites excluding steroid dienone is 1. The number of fused-ring (bicyclic) bond motifs is 9. The summed E-state index contributed by atoms with van der Waals surface area (Å²) in [6, 6.07) is 10.3. The summed E-state index contributed by atoms with van der Waals surface area (Å²) in [5.41, 5.74) is -1.02. The topological polar surface area (TPSA) is 105 Å². The van der Waals surface area contributed by atoms with Crippen LogP contribution in [0.5, 0.6) is 0 Å².